The summed E-state index contributed by atoms with van der Waals surface area (Å²) in [5.74, 6) is 0.485. The largest absolute Gasteiger partial charge is 0.444 e. The number of anilines is 1. The first-order chi connectivity index (χ1) is 9.76. The van der Waals surface area contributed by atoms with Crippen LogP contribution in [0.3, 0.4) is 0 Å². The molecule has 21 heavy (non-hydrogen) atoms. The summed E-state index contributed by atoms with van der Waals surface area (Å²) < 4.78 is 5.47. The third-order valence-electron chi connectivity index (χ3n) is 3.91. The van der Waals surface area contributed by atoms with E-state index >= 15 is 0 Å². The molecule has 1 aromatic carbocycles. The van der Waals surface area contributed by atoms with Crippen LogP contribution in [0.1, 0.15) is 52.0 Å². The maximum Gasteiger partial charge on any atom is 0.410 e. The first-order valence-electron chi connectivity index (χ1n) is 7.61. The van der Waals surface area contributed by atoms with Gasteiger partial charge in [0.2, 0.25) is 0 Å². The zero-order valence-electron chi connectivity index (χ0n) is 13.4. The Morgan fingerprint density at radius 3 is 2.43 bits per heavy atom. The highest BCUT2D eigenvalue weighted by Crippen LogP contribution is 2.32. The first-order valence-corrected chi connectivity index (χ1v) is 7.61. The van der Waals surface area contributed by atoms with Gasteiger partial charge in [-0.25, -0.2) is 4.79 Å². The normalized spacial score (nSPS) is 23.0. The fourth-order valence-electron chi connectivity index (χ4n) is 2.83. The summed E-state index contributed by atoms with van der Waals surface area (Å²) in [6.45, 7) is 8.53. The number of likely N-dealkylation sites (tertiary alicyclic amines) is 1. The Labute approximate surface area is 127 Å². The van der Waals surface area contributed by atoms with Crippen molar-refractivity contribution in [3.05, 3.63) is 29.8 Å². The van der Waals surface area contributed by atoms with Crippen LogP contribution >= 0.6 is 0 Å². The molecule has 0 unspecified atom stereocenters. The average molecular weight is 290 g/mol. The fourth-order valence-corrected chi connectivity index (χ4v) is 2.83. The summed E-state index contributed by atoms with van der Waals surface area (Å²) in [4.78, 5) is 14.0. The highest BCUT2D eigenvalue weighted by molar-refractivity contribution is 5.68. The van der Waals surface area contributed by atoms with E-state index < -0.39 is 5.60 Å². The van der Waals surface area contributed by atoms with Gasteiger partial charge in [-0.1, -0.05) is 12.1 Å². The lowest BCUT2D eigenvalue weighted by molar-refractivity contribution is 0.0104. The van der Waals surface area contributed by atoms with E-state index in [-0.39, 0.29) is 12.1 Å². The van der Waals surface area contributed by atoms with Gasteiger partial charge in [0.1, 0.15) is 5.60 Å². The molecule has 2 N–H and O–H groups in total. The molecule has 4 nitrogen and oxygen atoms in total. The molecule has 0 bridgehead atoms. The van der Waals surface area contributed by atoms with E-state index in [1.54, 1.807) is 0 Å². The van der Waals surface area contributed by atoms with Crippen molar-refractivity contribution in [3.63, 3.8) is 0 Å². The molecule has 1 aliphatic rings. The van der Waals surface area contributed by atoms with E-state index in [0.717, 1.165) is 25.1 Å². The standard InChI is InChI=1S/C17H26N2O2/c1-12-11-14(13-5-7-15(18)8-6-13)9-10-19(12)16(20)21-17(2,3)4/h5-8,12,14H,9-11,18H2,1-4H3/t12-,14+/m1/s1. The Balaban J connectivity index is 1.99. The molecule has 2 rings (SSSR count). The zero-order valence-corrected chi connectivity index (χ0v) is 13.4. The van der Waals surface area contributed by atoms with Crippen LogP contribution < -0.4 is 5.73 Å². The Morgan fingerprint density at radius 2 is 1.90 bits per heavy atom. The number of hydrogen-bond acceptors (Lipinski definition) is 3. The molecule has 1 aromatic rings. The van der Waals surface area contributed by atoms with Gasteiger partial charge in [-0.15, -0.1) is 0 Å². The second-order valence-corrected chi connectivity index (χ2v) is 6.91. The van der Waals surface area contributed by atoms with Gasteiger partial charge < -0.3 is 15.4 Å². The zero-order chi connectivity index (χ0) is 15.6. The van der Waals surface area contributed by atoms with E-state index in [0.29, 0.717) is 5.92 Å². The predicted octanol–water partition coefficient (Wildman–Crippen LogP) is 3.77. The number of carbonyl (C=O) groups is 1. The van der Waals surface area contributed by atoms with Crippen molar-refractivity contribution in [2.45, 2.75) is 58.1 Å². The number of benzene rings is 1. The van der Waals surface area contributed by atoms with Crippen molar-refractivity contribution in [2.75, 3.05) is 12.3 Å². The molecule has 1 aliphatic heterocycles. The highest BCUT2D eigenvalue weighted by Gasteiger charge is 2.32. The van der Waals surface area contributed by atoms with Crippen LogP contribution in [-0.4, -0.2) is 29.2 Å². The summed E-state index contributed by atoms with van der Waals surface area (Å²) >= 11 is 0. The van der Waals surface area contributed by atoms with E-state index in [9.17, 15) is 4.79 Å². The summed E-state index contributed by atoms with van der Waals surface area (Å²) in [6.07, 6.45) is 1.72. The van der Waals surface area contributed by atoms with Gasteiger partial charge >= 0.3 is 6.09 Å². The van der Waals surface area contributed by atoms with Crippen LogP contribution in [-0.2, 0) is 4.74 Å². The maximum atomic E-state index is 12.2. The number of amides is 1. The third kappa shape index (κ3) is 4.13. The lowest BCUT2D eigenvalue weighted by Crippen LogP contribution is -2.46. The Bertz CT molecular complexity index is 491. The van der Waals surface area contributed by atoms with Crippen LogP contribution in [0.5, 0.6) is 0 Å². The Hall–Kier alpha value is -1.71. The average Bonchev–Trinajstić information content (AvgIpc) is 2.37. The van der Waals surface area contributed by atoms with Crippen molar-refractivity contribution in [3.8, 4) is 0 Å². The molecule has 0 aromatic heterocycles. The molecule has 1 amide bonds. The van der Waals surface area contributed by atoms with Crippen LogP contribution in [0.25, 0.3) is 0 Å². The minimum absolute atomic E-state index is 0.191. The van der Waals surface area contributed by atoms with E-state index in [4.69, 9.17) is 10.5 Å². The van der Waals surface area contributed by atoms with Crippen LogP contribution in [0, 0.1) is 0 Å². The maximum absolute atomic E-state index is 12.2. The minimum atomic E-state index is -0.440. The quantitative estimate of drug-likeness (QED) is 0.801. The van der Waals surface area contributed by atoms with Crippen molar-refractivity contribution >= 4 is 11.8 Å². The number of piperidine rings is 1. The number of nitrogen functional groups attached to an aromatic ring is 1. The number of nitrogens with zero attached hydrogens (tertiary/aromatic N) is 1. The summed E-state index contributed by atoms with van der Waals surface area (Å²) in [5.41, 5.74) is 7.39. The Morgan fingerprint density at radius 1 is 1.29 bits per heavy atom. The van der Waals surface area contributed by atoms with Crippen molar-refractivity contribution < 1.29 is 9.53 Å². The molecule has 4 heteroatoms. The van der Waals surface area contributed by atoms with E-state index in [1.807, 2.05) is 37.8 Å². The lowest BCUT2D eigenvalue weighted by Gasteiger charge is -2.38. The second kappa shape index (κ2) is 5.96. The van der Waals surface area contributed by atoms with Crippen molar-refractivity contribution in [1.29, 1.82) is 0 Å². The summed E-state index contributed by atoms with van der Waals surface area (Å²) in [7, 11) is 0. The lowest BCUT2D eigenvalue weighted by atomic mass is 9.86. The van der Waals surface area contributed by atoms with Gasteiger partial charge in [-0.3, -0.25) is 0 Å². The topological polar surface area (TPSA) is 55.6 Å². The van der Waals surface area contributed by atoms with Gasteiger partial charge in [0.25, 0.3) is 0 Å². The number of ether oxygens (including phenoxy) is 1. The first kappa shape index (κ1) is 15.7. The van der Waals surface area contributed by atoms with Crippen molar-refractivity contribution in [1.82, 2.24) is 4.90 Å². The molecule has 0 saturated carbocycles. The Kier molecular flexibility index (Phi) is 4.45. The number of rotatable bonds is 1. The molecule has 2 atom stereocenters. The monoisotopic (exact) mass is 290 g/mol. The van der Waals surface area contributed by atoms with Gasteiger partial charge in [0.05, 0.1) is 0 Å². The SMILES string of the molecule is C[C@@H]1C[C@@H](c2ccc(N)cc2)CCN1C(=O)OC(C)(C)C. The summed E-state index contributed by atoms with van der Waals surface area (Å²) in [5, 5.41) is 0. The molecular formula is C17H26N2O2. The van der Waals surface area contributed by atoms with Gasteiger partial charge in [-0.2, -0.15) is 0 Å². The molecule has 0 radical (unpaired) electrons. The number of carbonyl (C=O) groups excluding carboxylic acids is 1. The van der Waals surface area contributed by atoms with E-state index in [2.05, 4.69) is 19.1 Å². The van der Waals surface area contributed by atoms with Gasteiger partial charge in [0, 0.05) is 18.3 Å². The van der Waals surface area contributed by atoms with E-state index in [1.165, 1.54) is 5.56 Å². The molecule has 1 fully saturated rings. The summed E-state index contributed by atoms with van der Waals surface area (Å²) in [6, 6.07) is 8.27. The molecule has 0 spiro atoms. The minimum Gasteiger partial charge on any atom is -0.444 e. The van der Waals surface area contributed by atoms with Crippen molar-refractivity contribution in [2.24, 2.45) is 0 Å². The molecule has 116 valence electrons. The number of hydrogen-bond donors (Lipinski definition) is 1. The van der Waals surface area contributed by atoms with Crippen LogP contribution in [0.4, 0.5) is 10.5 Å². The highest BCUT2D eigenvalue weighted by atomic mass is 16.6. The van der Waals surface area contributed by atoms with Crippen LogP contribution in [0.15, 0.2) is 24.3 Å². The molecule has 0 aliphatic carbocycles. The smallest absolute Gasteiger partial charge is 0.410 e. The van der Waals surface area contributed by atoms with Gasteiger partial charge in [0.15, 0.2) is 0 Å². The second-order valence-electron chi connectivity index (χ2n) is 6.91. The number of nitrogens with two attached hydrogens (primary N) is 1. The third-order valence-corrected chi connectivity index (χ3v) is 3.91. The molecule has 1 heterocycles. The molecular weight excluding hydrogens is 264 g/mol. The fraction of sp³-hybridized carbons (Fsp3) is 0.588. The van der Waals surface area contributed by atoms with Gasteiger partial charge in [-0.05, 0) is 64.2 Å². The predicted molar refractivity (Wildman–Crippen MR) is 85.2 cm³/mol. The van der Waals surface area contributed by atoms with Crippen LogP contribution in [0.2, 0.25) is 0 Å². The molecule has 1 saturated heterocycles.